The maximum atomic E-state index is 13.8. The predicted molar refractivity (Wildman–Crippen MR) is 182 cm³/mol. The van der Waals surface area contributed by atoms with Crippen molar-refractivity contribution in [1.82, 2.24) is 15.2 Å². The number of hydrogen-bond donors (Lipinski definition) is 3. The Labute approximate surface area is 265 Å². The van der Waals surface area contributed by atoms with Crippen LogP contribution in [-0.4, -0.2) is 43.3 Å². The minimum atomic E-state index is -3.82. The molecule has 1 aliphatic heterocycles. The number of aromatic nitrogens is 1. The van der Waals surface area contributed by atoms with E-state index in [2.05, 4.69) is 65.0 Å². The van der Waals surface area contributed by atoms with E-state index in [0.29, 0.717) is 11.4 Å². The molecule has 2 heterocycles. The number of piperidine rings is 1. The quantitative estimate of drug-likeness (QED) is 0.169. The summed E-state index contributed by atoms with van der Waals surface area (Å²) in [4.78, 5) is 19.7. The Bertz CT molecular complexity index is 1890. The van der Waals surface area contributed by atoms with Gasteiger partial charge in [0.1, 0.15) is 5.69 Å². The third kappa shape index (κ3) is 6.97. The van der Waals surface area contributed by atoms with Crippen LogP contribution in [0.15, 0.2) is 108 Å². The van der Waals surface area contributed by atoms with Crippen LogP contribution in [0.2, 0.25) is 0 Å². The molecular formula is C37H40N4O3S. The van der Waals surface area contributed by atoms with Crippen molar-refractivity contribution in [2.75, 3.05) is 17.8 Å². The lowest BCUT2D eigenvalue weighted by atomic mass is 9.87. The molecule has 1 amide bonds. The molecule has 0 atom stereocenters. The first-order valence-corrected chi connectivity index (χ1v) is 17.0. The van der Waals surface area contributed by atoms with E-state index in [4.69, 9.17) is 0 Å². The van der Waals surface area contributed by atoms with E-state index in [-0.39, 0.29) is 22.3 Å². The van der Waals surface area contributed by atoms with Gasteiger partial charge in [0.2, 0.25) is 0 Å². The van der Waals surface area contributed by atoms with E-state index in [9.17, 15) is 13.2 Å². The average molecular weight is 621 g/mol. The summed E-state index contributed by atoms with van der Waals surface area (Å²) in [5.74, 6) is -0.160. The van der Waals surface area contributed by atoms with Crippen molar-refractivity contribution in [3.63, 3.8) is 0 Å². The van der Waals surface area contributed by atoms with Crippen LogP contribution in [0, 0.1) is 0 Å². The zero-order valence-corrected chi connectivity index (χ0v) is 26.8. The number of H-pyrrole nitrogens is 1. The van der Waals surface area contributed by atoms with Crippen LogP contribution in [0.5, 0.6) is 0 Å². The highest BCUT2D eigenvalue weighted by atomic mass is 32.2. The summed E-state index contributed by atoms with van der Waals surface area (Å²) >= 11 is 0. The van der Waals surface area contributed by atoms with Gasteiger partial charge in [-0.1, -0.05) is 93.6 Å². The maximum absolute atomic E-state index is 13.8. The number of anilines is 1. The average Bonchev–Trinajstić information content (AvgIpc) is 3.41. The van der Waals surface area contributed by atoms with Crippen molar-refractivity contribution >= 4 is 32.5 Å². The molecule has 5 aromatic rings. The fourth-order valence-corrected chi connectivity index (χ4v) is 7.06. The lowest BCUT2D eigenvalue weighted by molar-refractivity contribution is 0.0905. The molecule has 0 radical (unpaired) electrons. The van der Waals surface area contributed by atoms with Crippen LogP contribution < -0.4 is 10.0 Å². The summed E-state index contributed by atoms with van der Waals surface area (Å²) in [6.07, 6.45) is 1.75. The second-order valence-corrected chi connectivity index (χ2v) is 14.6. The lowest BCUT2D eigenvalue weighted by Crippen LogP contribution is -2.44. The molecular weight excluding hydrogens is 580 g/mol. The second-order valence-electron chi connectivity index (χ2n) is 12.9. The standard InChI is InChI=1S/C37H40N4O3S/c1-37(2,3)28-14-17-31(18-15-28)45(43,44)40-30-16-19-33-32(24-30)34(27-12-8-5-9-13-27)35(39-33)36(42)38-29-20-22-41(23-21-29)25-26-10-6-4-7-11-26/h4-19,24,29,39-40H,20-23,25H2,1-3H3,(H,38,42). The van der Waals surface area contributed by atoms with E-state index < -0.39 is 10.0 Å². The van der Waals surface area contributed by atoms with E-state index in [1.165, 1.54) is 5.56 Å². The molecule has 45 heavy (non-hydrogen) atoms. The van der Waals surface area contributed by atoms with Crippen LogP contribution in [0.1, 0.15) is 55.2 Å². The molecule has 0 saturated carbocycles. The summed E-state index contributed by atoms with van der Waals surface area (Å²) in [6, 6.07) is 32.6. The first kappa shape index (κ1) is 30.6. The number of nitrogens with one attached hydrogen (secondary N) is 3. The number of hydrogen-bond acceptors (Lipinski definition) is 4. The van der Waals surface area contributed by atoms with Gasteiger partial charge in [-0.15, -0.1) is 0 Å². The molecule has 6 rings (SSSR count). The Kier molecular flexibility index (Phi) is 8.53. The summed E-state index contributed by atoms with van der Waals surface area (Å²) in [5, 5.41) is 4.04. The molecule has 1 aliphatic rings. The van der Waals surface area contributed by atoms with Crippen molar-refractivity contribution in [3.05, 3.63) is 120 Å². The van der Waals surface area contributed by atoms with E-state index in [0.717, 1.165) is 60.1 Å². The van der Waals surface area contributed by atoms with Crippen molar-refractivity contribution in [3.8, 4) is 11.1 Å². The molecule has 7 nitrogen and oxygen atoms in total. The molecule has 0 bridgehead atoms. The molecule has 1 aromatic heterocycles. The highest BCUT2D eigenvalue weighted by molar-refractivity contribution is 7.92. The van der Waals surface area contributed by atoms with Crippen molar-refractivity contribution in [2.24, 2.45) is 0 Å². The van der Waals surface area contributed by atoms with E-state index >= 15 is 0 Å². The van der Waals surface area contributed by atoms with Crippen LogP contribution in [0.25, 0.3) is 22.0 Å². The van der Waals surface area contributed by atoms with Crippen molar-refractivity contribution < 1.29 is 13.2 Å². The highest BCUT2D eigenvalue weighted by Crippen LogP contribution is 2.35. The smallest absolute Gasteiger partial charge is 0.268 e. The SMILES string of the molecule is CC(C)(C)c1ccc(S(=O)(=O)Nc2ccc3[nH]c(C(=O)NC4CCN(Cc5ccccc5)CC4)c(-c4ccccc4)c3c2)cc1. The number of carbonyl (C=O) groups excluding carboxylic acids is 1. The van der Waals surface area contributed by atoms with Gasteiger partial charge in [0.25, 0.3) is 15.9 Å². The number of benzene rings is 4. The third-order valence-corrected chi connectivity index (χ3v) is 9.94. The first-order valence-electron chi connectivity index (χ1n) is 15.5. The van der Waals surface area contributed by atoms with Gasteiger partial charge in [0.05, 0.1) is 4.90 Å². The summed E-state index contributed by atoms with van der Waals surface area (Å²) in [7, 11) is -3.82. The monoisotopic (exact) mass is 620 g/mol. The van der Waals surface area contributed by atoms with Gasteiger partial charge in [0.15, 0.2) is 0 Å². The number of likely N-dealkylation sites (tertiary alicyclic amines) is 1. The molecule has 0 aliphatic carbocycles. The molecule has 1 saturated heterocycles. The molecule has 0 spiro atoms. The van der Waals surface area contributed by atoms with E-state index in [1.54, 1.807) is 24.3 Å². The van der Waals surface area contributed by atoms with Crippen molar-refractivity contribution in [1.29, 1.82) is 0 Å². The summed E-state index contributed by atoms with van der Waals surface area (Å²) in [5.41, 5.74) is 5.57. The zero-order chi connectivity index (χ0) is 31.6. The minimum absolute atomic E-state index is 0.0756. The van der Waals surface area contributed by atoms with Gasteiger partial charge in [-0.2, -0.15) is 0 Å². The molecule has 4 aromatic carbocycles. The number of fused-ring (bicyclic) bond motifs is 1. The predicted octanol–water partition coefficient (Wildman–Crippen LogP) is 7.33. The number of nitrogens with zero attached hydrogens (tertiary/aromatic N) is 1. The largest absolute Gasteiger partial charge is 0.350 e. The van der Waals surface area contributed by atoms with Gasteiger partial charge < -0.3 is 10.3 Å². The van der Waals surface area contributed by atoms with Crippen molar-refractivity contribution in [2.45, 2.75) is 56.5 Å². The Morgan fingerprint density at radius 1 is 0.867 bits per heavy atom. The minimum Gasteiger partial charge on any atom is -0.350 e. The Morgan fingerprint density at radius 2 is 1.51 bits per heavy atom. The lowest BCUT2D eigenvalue weighted by Gasteiger charge is -2.32. The van der Waals surface area contributed by atoms with Gasteiger partial charge in [0, 0.05) is 47.8 Å². The first-order chi connectivity index (χ1) is 21.6. The Morgan fingerprint density at radius 3 is 2.16 bits per heavy atom. The fraction of sp³-hybridized carbons (Fsp3) is 0.270. The fourth-order valence-electron chi connectivity index (χ4n) is 6.01. The third-order valence-electron chi connectivity index (χ3n) is 8.54. The van der Waals surface area contributed by atoms with E-state index in [1.807, 2.05) is 54.6 Å². The van der Waals surface area contributed by atoms with Gasteiger partial charge in [-0.25, -0.2) is 8.42 Å². The Hall–Kier alpha value is -4.40. The molecule has 3 N–H and O–H groups in total. The van der Waals surface area contributed by atoms with Gasteiger partial charge >= 0.3 is 0 Å². The van der Waals surface area contributed by atoms with Crippen LogP contribution in [-0.2, 0) is 22.0 Å². The number of aromatic amines is 1. The molecule has 8 heteroatoms. The maximum Gasteiger partial charge on any atom is 0.268 e. The zero-order valence-electron chi connectivity index (χ0n) is 26.0. The summed E-state index contributed by atoms with van der Waals surface area (Å²) < 4.78 is 29.4. The highest BCUT2D eigenvalue weighted by Gasteiger charge is 2.25. The number of carbonyl (C=O) groups is 1. The molecule has 0 unspecified atom stereocenters. The van der Waals surface area contributed by atoms with Crippen LogP contribution in [0.4, 0.5) is 5.69 Å². The van der Waals surface area contributed by atoms with Crippen LogP contribution in [0.3, 0.4) is 0 Å². The topological polar surface area (TPSA) is 94.3 Å². The number of amides is 1. The summed E-state index contributed by atoms with van der Waals surface area (Å²) in [6.45, 7) is 9.03. The molecule has 1 fully saturated rings. The molecule has 232 valence electrons. The van der Waals surface area contributed by atoms with Gasteiger partial charge in [-0.05, 0) is 65.3 Å². The number of rotatable bonds is 8. The Balaban J connectivity index is 1.23. The normalized spacial score (nSPS) is 14.8. The van der Waals surface area contributed by atoms with Gasteiger partial charge in [-0.3, -0.25) is 14.4 Å². The van der Waals surface area contributed by atoms with Crippen LogP contribution >= 0.6 is 0 Å². The second kappa shape index (κ2) is 12.5. The number of sulfonamides is 1.